The molecule has 0 spiro atoms. The second kappa shape index (κ2) is 10.1. The molecule has 0 radical (unpaired) electrons. The number of sulfone groups is 1. The van der Waals surface area contributed by atoms with Crippen LogP contribution in [0.25, 0.3) is 0 Å². The minimum absolute atomic E-state index is 0.0889. The van der Waals surface area contributed by atoms with E-state index in [0.717, 1.165) is 28.9 Å². The van der Waals surface area contributed by atoms with Crippen molar-refractivity contribution in [2.75, 3.05) is 62.6 Å². The standard InChI is InChI=1S/C25H32N4O6S/c1-16-12-17(2)23(26-18(16)3)27-8-10-28(11-9-27)24(30)21-7-6-19(13-22(21)36(5,32)33)29-20(14-34-4)15-35-25(29)31/h6-7,12-13,20H,8-11,14-15H2,1-5H3. The first-order valence-electron chi connectivity index (χ1n) is 11.8. The van der Waals surface area contributed by atoms with Crippen molar-refractivity contribution in [1.29, 1.82) is 0 Å². The number of ether oxygens (including phenoxy) is 2. The fourth-order valence-corrected chi connectivity index (χ4v) is 5.57. The molecule has 1 aromatic carbocycles. The lowest BCUT2D eigenvalue weighted by molar-refractivity contribution is 0.0742. The molecule has 1 unspecified atom stereocenters. The number of benzene rings is 1. The van der Waals surface area contributed by atoms with Gasteiger partial charge in [-0.1, -0.05) is 6.07 Å². The van der Waals surface area contributed by atoms with Crippen molar-refractivity contribution >= 4 is 33.3 Å². The third-order valence-electron chi connectivity index (χ3n) is 6.69. The van der Waals surface area contributed by atoms with E-state index in [1.54, 1.807) is 11.0 Å². The van der Waals surface area contributed by atoms with Crippen molar-refractivity contribution < 1.29 is 27.5 Å². The number of aromatic nitrogens is 1. The normalized spacial score (nSPS) is 18.5. The van der Waals surface area contributed by atoms with Crippen molar-refractivity contribution in [3.63, 3.8) is 0 Å². The Bertz CT molecular complexity index is 1290. The molecule has 1 atom stereocenters. The van der Waals surface area contributed by atoms with Crippen molar-refractivity contribution in [2.45, 2.75) is 31.7 Å². The number of anilines is 2. The van der Waals surface area contributed by atoms with E-state index in [1.165, 1.54) is 24.1 Å². The van der Waals surface area contributed by atoms with Gasteiger partial charge < -0.3 is 19.3 Å². The zero-order valence-electron chi connectivity index (χ0n) is 21.3. The van der Waals surface area contributed by atoms with Gasteiger partial charge in [-0.2, -0.15) is 0 Å². The molecule has 1 aromatic heterocycles. The van der Waals surface area contributed by atoms with Crippen molar-refractivity contribution in [3.05, 3.63) is 46.6 Å². The molecule has 36 heavy (non-hydrogen) atoms. The molecule has 0 bridgehead atoms. The summed E-state index contributed by atoms with van der Waals surface area (Å²) in [6, 6.07) is 6.16. The number of carbonyl (C=O) groups is 2. The lowest BCUT2D eigenvalue weighted by Crippen LogP contribution is -2.49. The molecule has 0 N–H and O–H groups in total. The van der Waals surface area contributed by atoms with Gasteiger partial charge in [0.15, 0.2) is 9.84 Å². The van der Waals surface area contributed by atoms with E-state index in [4.69, 9.17) is 14.5 Å². The minimum Gasteiger partial charge on any atom is -0.447 e. The Hall–Kier alpha value is -3.18. The van der Waals surface area contributed by atoms with Crippen LogP contribution < -0.4 is 9.80 Å². The highest BCUT2D eigenvalue weighted by molar-refractivity contribution is 7.90. The van der Waals surface area contributed by atoms with E-state index in [1.807, 2.05) is 20.8 Å². The summed E-state index contributed by atoms with van der Waals surface area (Å²) in [5.41, 5.74) is 3.63. The van der Waals surface area contributed by atoms with Crippen LogP contribution in [0.3, 0.4) is 0 Å². The maximum absolute atomic E-state index is 13.4. The van der Waals surface area contributed by atoms with Crippen molar-refractivity contribution in [1.82, 2.24) is 9.88 Å². The van der Waals surface area contributed by atoms with E-state index >= 15 is 0 Å². The SMILES string of the molecule is COCC1COC(=O)N1c1ccc(C(=O)N2CCN(c3nc(C)c(C)cc3C)CC2)c(S(C)(=O)=O)c1. The van der Waals surface area contributed by atoms with Crippen molar-refractivity contribution in [3.8, 4) is 0 Å². The predicted octanol–water partition coefficient (Wildman–Crippen LogP) is 2.34. The average molecular weight is 517 g/mol. The number of cyclic esters (lactones) is 1. The molecule has 2 aromatic rings. The number of piperazine rings is 1. The molecule has 0 aliphatic carbocycles. The number of pyridine rings is 1. The van der Waals surface area contributed by atoms with Gasteiger partial charge in [-0.25, -0.2) is 18.2 Å². The zero-order valence-corrected chi connectivity index (χ0v) is 22.1. The van der Waals surface area contributed by atoms with Gasteiger partial charge in [-0.3, -0.25) is 9.69 Å². The molecule has 3 heterocycles. The lowest BCUT2D eigenvalue weighted by Gasteiger charge is -2.36. The molecular formula is C25H32N4O6S. The van der Waals surface area contributed by atoms with Gasteiger partial charge >= 0.3 is 6.09 Å². The van der Waals surface area contributed by atoms with Gasteiger partial charge in [-0.15, -0.1) is 0 Å². The molecule has 194 valence electrons. The van der Waals surface area contributed by atoms with Crippen LogP contribution in [-0.4, -0.2) is 89.1 Å². The zero-order chi connectivity index (χ0) is 26.2. The summed E-state index contributed by atoms with van der Waals surface area (Å²) < 4.78 is 35.7. The largest absolute Gasteiger partial charge is 0.447 e. The van der Waals surface area contributed by atoms with E-state index in [2.05, 4.69) is 11.0 Å². The molecule has 2 fully saturated rings. The summed E-state index contributed by atoms with van der Waals surface area (Å²) in [6.45, 7) is 8.47. The molecule has 4 rings (SSSR count). The molecule has 10 nitrogen and oxygen atoms in total. The van der Waals surface area contributed by atoms with Gasteiger partial charge in [0.05, 0.1) is 23.1 Å². The lowest BCUT2D eigenvalue weighted by atomic mass is 10.1. The molecule has 2 saturated heterocycles. The van der Waals surface area contributed by atoms with Crippen LogP contribution in [-0.2, 0) is 19.3 Å². The number of amides is 2. The van der Waals surface area contributed by atoms with Crippen LogP contribution in [0, 0.1) is 20.8 Å². The van der Waals surface area contributed by atoms with Gasteiger partial charge in [0, 0.05) is 50.9 Å². The van der Waals surface area contributed by atoms with Crippen LogP contribution in [0.4, 0.5) is 16.3 Å². The van der Waals surface area contributed by atoms with Gasteiger partial charge in [0.25, 0.3) is 5.91 Å². The first-order chi connectivity index (χ1) is 17.0. The maximum Gasteiger partial charge on any atom is 0.414 e. The Morgan fingerprint density at radius 1 is 1.11 bits per heavy atom. The van der Waals surface area contributed by atoms with Crippen LogP contribution in [0.15, 0.2) is 29.2 Å². The highest BCUT2D eigenvalue weighted by Crippen LogP contribution is 2.29. The maximum atomic E-state index is 13.4. The van der Waals surface area contributed by atoms with Crippen LogP contribution in [0.2, 0.25) is 0 Å². The summed E-state index contributed by atoms with van der Waals surface area (Å²) in [4.78, 5) is 35.6. The van der Waals surface area contributed by atoms with Crippen LogP contribution >= 0.6 is 0 Å². The molecule has 2 aliphatic heterocycles. The van der Waals surface area contributed by atoms with E-state index in [9.17, 15) is 18.0 Å². The Morgan fingerprint density at radius 2 is 1.81 bits per heavy atom. The first-order valence-corrected chi connectivity index (χ1v) is 13.7. The third-order valence-corrected chi connectivity index (χ3v) is 7.83. The van der Waals surface area contributed by atoms with Crippen LogP contribution in [0.1, 0.15) is 27.2 Å². The summed E-state index contributed by atoms with van der Waals surface area (Å²) in [7, 11) is -2.25. The molecular weight excluding hydrogens is 484 g/mol. The predicted molar refractivity (Wildman–Crippen MR) is 136 cm³/mol. The second-order valence-corrected chi connectivity index (χ2v) is 11.3. The fourth-order valence-electron chi connectivity index (χ4n) is 4.68. The Balaban J connectivity index is 1.57. The summed E-state index contributed by atoms with van der Waals surface area (Å²) in [5, 5.41) is 0. The summed E-state index contributed by atoms with van der Waals surface area (Å²) in [6.07, 6.45) is 0.478. The fraction of sp³-hybridized carbons (Fsp3) is 0.480. The van der Waals surface area contributed by atoms with Crippen LogP contribution in [0.5, 0.6) is 0 Å². The van der Waals surface area contributed by atoms with Gasteiger partial charge in [-0.05, 0) is 50.1 Å². The van der Waals surface area contributed by atoms with E-state index < -0.39 is 15.9 Å². The summed E-state index contributed by atoms with van der Waals surface area (Å²) >= 11 is 0. The highest BCUT2D eigenvalue weighted by atomic mass is 32.2. The number of aryl methyl sites for hydroxylation is 3. The monoisotopic (exact) mass is 516 g/mol. The van der Waals surface area contributed by atoms with Gasteiger partial charge in [0.1, 0.15) is 12.4 Å². The molecule has 11 heteroatoms. The smallest absolute Gasteiger partial charge is 0.414 e. The number of carbonyl (C=O) groups excluding carboxylic acids is 2. The third kappa shape index (κ3) is 5.03. The number of hydrogen-bond donors (Lipinski definition) is 0. The molecule has 2 aliphatic rings. The number of rotatable bonds is 6. The minimum atomic E-state index is -3.76. The summed E-state index contributed by atoms with van der Waals surface area (Å²) in [5.74, 6) is 0.554. The van der Waals surface area contributed by atoms with E-state index in [0.29, 0.717) is 31.9 Å². The van der Waals surface area contributed by atoms with E-state index in [-0.39, 0.29) is 35.6 Å². The first kappa shape index (κ1) is 25.9. The quantitative estimate of drug-likeness (QED) is 0.576. The number of methoxy groups -OCH3 is 1. The molecule has 2 amide bonds. The number of nitrogens with zero attached hydrogens (tertiary/aromatic N) is 4. The van der Waals surface area contributed by atoms with Crippen molar-refractivity contribution in [2.24, 2.45) is 0 Å². The number of hydrogen-bond acceptors (Lipinski definition) is 8. The molecule has 0 saturated carbocycles. The second-order valence-electron chi connectivity index (χ2n) is 9.32. The van der Waals surface area contributed by atoms with Gasteiger partial charge in [0.2, 0.25) is 0 Å². The average Bonchev–Trinajstić information content (AvgIpc) is 3.20. The topological polar surface area (TPSA) is 109 Å². The Labute approximate surface area is 211 Å². The Morgan fingerprint density at radius 3 is 2.44 bits per heavy atom. The Kier molecular flexibility index (Phi) is 7.24. The highest BCUT2D eigenvalue weighted by Gasteiger charge is 2.36.